The SMILES string of the molecule is CNCCN(C)C(=O)OCc1ccc(NC(=O)[C@H](CCCNC(N)=O)CC(=O)[C@@H](NC(=O)CCCCCN2C(=O)C=CC2=O)C(C)C)cc1. The normalized spacial score (nSPS) is 13.6. The fourth-order valence-electron chi connectivity index (χ4n) is 5.06. The van der Waals surface area contributed by atoms with Gasteiger partial charge in [-0.3, -0.25) is 28.9 Å². The Morgan fingerprint density at radius 2 is 1.61 bits per heavy atom. The average Bonchev–Trinajstić information content (AvgIpc) is 3.38. The number of rotatable bonds is 22. The summed E-state index contributed by atoms with van der Waals surface area (Å²) in [5.74, 6) is -2.65. The smallest absolute Gasteiger partial charge is 0.409 e. The molecule has 0 aliphatic carbocycles. The first kappa shape index (κ1) is 40.4. The summed E-state index contributed by atoms with van der Waals surface area (Å²) in [6, 6.07) is 5.30. The van der Waals surface area contributed by atoms with Gasteiger partial charge in [-0.2, -0.15) is 0 Å². The van der Waals surface area contributed by atoms with Crippen molar-refractivity contribution in [2.75, 3.05) is 45.6 Å². The number of nitrogens with one attached hydrogen (secondary N) is 4. The topological polar surface area (TPSA) is 209 Å². The highest BCUT2D eigenvalue weighted by Crippen LogP contribution is 2.20. The molecule has 0 saturated carbocycles. The summed E-state index contributed by atoms with van der Waals surface area (Å²) in [4.78, 5) is 88.9. The van der Waals surface area contributed by atoms with Gasteiger partial charge in [0.2, 0.25) is 11.8 Å². The van der Waals surface area contributed by atoms with Gasteiger partial charge in [0.1, 0.15) is 6.61 Å². The van der Waals surface area contributed by atoms with E-state index in [1.54, 1.807) is 38.4 Å². The first-order valence-corrected chi connectivity index (χ1v) is 16.6. The van der Waals surface area contributed by atoms with Gasteiger partial charge >= 0.3 is 12.1 Å². The molecule has 15 heteroatoms. The molecule has 270 valence electrons. The molecule has 0 spiro atoms. The molecule has 0 saturated heterocycles. The fraction of sp³-hybridized carbons (Fsp3) is 0.559. The quantitative estimate of drug-likeness (QED) is 0.0892. The van der Waals surface area contributed by atoms with E-state index in [9.17, 15) is 33.6 Å². The summed E-state index contributed by atoms with van der Waals surface area (Å²) in [7, 11) is 3.44. The van der Waals surface area contributed by atoms with Crippen molar-refractivity contribution in [3.8, 4) is 0 Å². The Bertz CT molecular complexity index is 1310. The van der Waals surface area contributed by atoms with Gasteiger partial charge in [-0.25, -0.2) is 9.59 Å². The van der Waals surface area contributed by atoms with Gasteiger partial charge in [0.25, 0.3) is 11.8 Å². The largest absolute Gasteiger partial charge is 0.445 e. The maximum Gasteiger partial charge on any atom is 0.409 e. The number of ketones is 1. The molecule has 0 unspecified atom stereocenters. The summed E-state index contributed by atoms with van der Waals surface area (Å²) in [6.07, 6.45) is 4.42. The minimum Gasteiger partial charge on any atom is -0.445 e. The van der Waals surface area contributed by atoms with Gasteiger partial charge in [-0.05, 0) is 56.3 Å². The zero-order valence-corrected chi connectivity index (χ0v) is 28.9. The molecule has 49 heavy (non-hydrogen) atoms. The molecule has 1 aromatic rings. The van der Waals surface area contributed by atoms with Crippen LogP contribution >= 0.6 is 0 Å². The van der Waals surface area contributed by atoms with Crippen LogP contribution in [0.2, 0.25) is 0 Å². The minimum absolute atomic E-state index is 0.0571. The number of hydrogen-bond donors (Lipinski definition) is 5. The molecule has 0 radical (unpaired) electrons. The summed E-state index contributed by atoms with van der Waals surface area (Å²) >= 11 is 0. The number of likely N-dealkylation sites (N-methyl/N-ethyl adjacent to an activating group) is 2. The number of anilines is 1. The zero-order valence-electron chi connectivity index (χ0n) is 28.9. The predicted octanol–water partition coefficient (Wildman–Crippen LogP) is 2.06. The molecule has 1 aliphatic heterocycles. The number of benzene rings is 1. The van der Waals surface area contributed by atoms with E-state index in [1.807, 2.05) is 13.8 Å². The third-order valence-electron chi connectivity index (χ3n) is 7.96. The number of amides is 7. The van der Waals surface area contributed by atoms with Crippen molar-refractivity contribution >= 4 is 47.2 Å². The van der Waals surface area contributed by atoms with Crippen LogP contribution in [0.1, 0.15) is 64.4 Å². The zero-order chi connectivity index (χ0) is 36.3. The lowest BCUT2D eigenvalue weighted by atomic mass is 9.89. The van der Waals surface area contributed by atoms with Crippen LogP contribution in [0.5, 0.6) is 0 Å². The summed E-state index contributed by atoms with van der Waals surface area (Å²) in [6.45, 7) is 5.33. The Morgan fingerprint density at radius 1 is 0.939 bits per heavy atom. The van der Waals surface area contributed by atoms with Crippen LogP contribution in [0.3, 0.4) is 0 Å². The second-order valence-electron chi connectivity index (χ2n) is 12.3. The van der Waals surface area contributed by atoms with E-state index in [2.05, 4.69) is 21.3 Å². The van der Waals surface area contributed by atoms with Crippen molar-refractivity contribution in [3.63, 3.8) is 0 Å². The lowest BCUT2D eigenvalue weighted by Gasteiger charge is -2.24. The van der Waals surface area contributed by atoms with Crippen molar-refractivity contribution in [2.24, 2.45) is 17.6 Å². The van der Waals surface area contributed by atoms with Gasteiger partial charge < -0.3 is 36.6 Å². The fourth-order valence-corrected chi connectivity index (χ4v) is 5.06. The van der Waals surface area contributed by atoms with Crippen molar-refractivity contribution in [3.05, 3.63) is 42.0 Å². The number of unbranched alkanes of at least 4 members (excludes halogenated alkanes) is 2. The highest BCUT2D eigenvalue weighted by molar-refractivity contribution is 6.12. The second kappa shape index (κ2) is 21.2. The highest BCUT2D eigenvalue weighted by Gasteiger charge is 2.29. The molecule has 1 aliphatic rings. The van der Waals surface area contributed by atoms with Gasteiger partial charge in [-0.1, -0.05) is 32.4 Å². The van der Waals surface area contributed by atoms with Crippen LogP contribution in [-0.2, 0) is 35.3 Å². The van der Waals surface area contributed by atoms with E-state index in [0.717, 1.165) is 10.5 Å². The van der Waals surface area contributed by atoms with Gasteiger partial charge in [0.05, 0.1) is 6.04 Å². The second-order valence-corrected chi connectivity index (χ2v) is 12.3. The van der Waals surface area contributed by atoms with E-state index in [0.29, 0.717) is 44.5 Å². The number of imide groups is 1. The number of urea groups is 1. The minimum atomic E-state index is -0.809. The van der Waals surface area contributed by atoms with Gasteiger partial charge in [0.15, 0.2) is 5.78 Å². The van der Waals surface area contributed by atoms with Crippen molar-refractivity contribution in [2.45, 2.75) is 71.4 Å². The molecular weight excluding hydrogens is 634 g/mol. The maximum atomic E-state index is 13.5. The molecule has 2 atom stereocenters. The number of nitrogens with zero attached hydrogens (tertiary/aromatic N) is 2. The monoisotopic (exact) mass is 685 g/mol. The molecule has 1 heterocycles. The van der Waals surface area contributed by atoms with E-state index in [1.165, 1.54) is 17.1 Å². The molecule has 0 aromatic heterocycles. The standard InChI is InChI=1S/C34H51N7O8/c1-23(2)31(39-28(43)10-6-5-7-19-41-29(44)15-16-30(41)45)27(42)21-25(9-8-17-37-33(35)47)32(46)38-26-13-11-24(12-14-26)22-49-34(48)40(4)20-18-36-3/h11-16,23,25,31,36H,5-10,17-22H2,1-4H3,(H,38,46)(H,39,43)(H3,35,37,47)/t25-,31+/m1/s1. The summed E-state index contributed by atoms with van der Waals surface area (Å²) < 4.78 is 5.33. The Morgan fingerprint density at radius 3 is 2.22 bits per heavy atom. The Kier molecular flexibility index (Phi) is 17.5. The Balaban J connectivity index is 1.94. The maximum absolute atomic E-state index is 13.5. The van der Waals surface area contributed by atoms with Gasteiger partial charge in [0, 0.05) is 69.8 Å². The third kappa shape index (κ3) is 14.9. The highest BCUT2D eigenvalue weighted by atomic mass is 16.6. The Labute approximate surface area is 287 Å². The number of carbonyl (C=O) groups is 7. The number of ether oxygens (including phenoxy) is 1. The molecule has 7 amide bonds. The van der Waals surface area contributed by atoms with Crippen LogP contribution in [0.15, 0.2) is 36.4 Å². The number of carbonyl (C=O) groups excluding carboxylic acids is 7. The van der Waals surface area contributed by atoms with Crippen molar-refractivity contribution in [1.82, 2.24) is 25.8 Å². The number of primary amides is 1. The first-order valence-electron chi connectivity index (χ1n) is 16.6. The molecule has 6 N–H and O–H groups in total. The molecule has 2 rings (SSSR count). The van der Waals surface area contributed by atoms with Crippen LogP contribution in [0, 0.1) is 11.8 Å². The number of nitrogens with two attached hydrogens (primary N) is 1. The van der Waals surface area contributed by atoms with E-state index in [-0.39, 0.29) is 68.4 Å². The van der Waals surface area contributed by atoms with Crippen LogP contribution < -0.4 is 27.0 Å². The number of Topliss-reactive ketones (excluding diaryl/α,β-unsaturated/α-hetero) is 1. The molecule has 0 fully saturated rings. The molecule has 1 aromatic carbocycles. The van der Waals surface area contributed by atoms with Crippen molar-refractivity contribution < 1.29 is 38.3 Å². The lowest BCUT2D eigenvalue weighted by molar-refractivity contribution is -0.137. The molecule has 15 nitrogen and oxygen atoms in total. The Hall–Kier alpha value is -4.79. The number of hydrogen-bond acceptors (Lipinski definition) is 9. The van der Waals surface area contributed by atoms with Crippen LogP contribution in [-0.4, -0.2) is 97.7 Å². The summed E-state index contributed by atoms with van der Waals surface area (Å²) in [5.41, 5.74) is 6.37. The van der Waals surface area contributed by atoms with Crippen LogP contribution in [0.25, 0.3) is 0 Å². The predicted molar refractivity (Wildman–Crippen MR) is 183 cm³/mol. The first-order chi connectivity index (χ1) is 23.3. The molecule has 0 bridgehead atoms. The van der Waals surface area contributed by atoms with Gasteiger partial charge in [-0.15, -0.1) is 0 Å². The van der Waals surface area contributed by atoms with Crippen molar-refractivity contribution in [1.29, 1.82) is 0 Å². The third-order valence-corrected chi connectivity index (χ3v) is 7.96. The molecular formula is C34H51N7O8. The lowest BCUT2D eigenvalue weighted by Crippen LogP contribution is -2.45. The van der Waals surface area contributed by atoms with E-state index >= 15 is 0 Å². The average molecular weight is 686 g/mol. The summed E-state index contributed by atoms with van der Waals surface area (Å²) in [5, 5.41) is 11.1. The van der Waals surface area contributed by atoms with Crippen LogP contribution in [0.4, 0.5) is 15.3 Å². The van der Waals surface area contributed by atoms with E-state index in [4.69, 9.17) is 10.5 Å². The van der Waals surface area contributed by atoms with E-state index < -0.39 is 30.0 Å².